The quantitative estimate of drug-likeness (QED) is 0.139. The van der Waals surface area contributed by atoms with Gasteiger partial charge in [0.1, 0.15) is 11.5 Å². The van der Waals surface area contributed by atoms with E-state index in [1.165, 1.54) is 6.92 Å². The predicted octanol–water partition coefficient (Wildman–Crippen LogP) is 6.77. The van der Waals surface area contributed by atoms with Crippen LogP contribution in [0.1, 0.15) is 90.0 Å². The van der Waals surface area contributed by atoms with Gasteiger partial charge in [-0.3, -0.25) is 14.4 Å². The molecule has 0 radical (unpaired) electrons. The highest BCUT2D eigenvalue weighted by Crippen LogP contribution is 2.65. The van der Waals surface area contributed by atoms with Crippen LogP contribution in [0.3, 0.4) is 0 Å². The zero-order valence-electron chi connectivity index (χ0n) is 28.0. The van der Waals surface area contributed by atoms with Crippen molar-refractivity contribution in [1.82, 2.24) is 0 Å². The van der Waals surface area contributed by atoms with Crippen molar-refractivity contribution in [2.45, 2.75) is 86.7 Å². The number of allylic oxidation sites excluding steroid dienone is 1. The van der Waals surface area contributed by atoms with Crippen molar-refractivity contribution >= 4 is 40.5 Å². The fraction of sp³-hybridized carbons (Fsp3) is 0.459. The largest absolute Gasteiger partial charge is 0.507 e. The Bertz CT molecular complexity index is 1780. The highest BCUT2D eigenvalue weighted by molar-refractivity contribution is 6.33. The molecule has 2 aromatic rings. The summed E-state index contributed by atoms with van der Waals surface area (Å²) in [6, 6.07) is 8.29. The van der Waals surface area contributed by atoms with E-state index in [0.29, 0.717) is 16.8 Å². The highest BCUT2D eigenvalue weighted by atomic mass is 16.3. The zero-order chi connectivity index (χ0) is 34.3. The summed E-state index contributed by atoms with van der Waals surface area (Å²) in [6.07, 6.45) is 0.396. The number of carbonyl (C=O) groups is 4. The number of hydrogen-bond donors (Lipinski definition) is 5. The summed E-state index contributed by atoms with van der Waals surface area (Å²) in [5.74, 6) is -4.12. The molecule has 0 unspecified atom stereocenters. The molecule has 1 saturated carbocycles. The first kappa shape index (κ1) is 33.1. The fourth-order valence-corrected chi connectivity index (χ4v) is 8.96. The average Bonchev–Trinajstić information content (AvgIpc) is 2.91. The second kappa shape index (κ2) is 10.9. The number of carbonyl (C=O) groups excluding carboxylic acids is 4. The maximum Gasteiger partial charge on any atom is 0.323 e. The number of Topliss-reactive ketones (excluding diaryl/α,β-unsaturated/α-hetero) is 3. The van der Waals surface area contributed by atoms with Gasteiger partial charge in [-0.2, -0.15) is 0 Å². The molecule has 5 rings (SSSR count). The number of aryl methyl sites for hydroxylation is 1. The molecule has 2 aromatic carbocycles. The summed E-state index contributed by atoms with van der Waals surface area (Å²) >= 11 is 0. The Balaban J connectivity index is 1.69. The third kappa shape index (κ3) is 4.62. The number of phenols is 1. The van der Waals surface area contributed by atoms with Crippen molar-refractivity contribution in [1.29, 1.82) is 0 Å². The lowest BCUT2D eigenvalue weighted by Crippen LogP contribution is -2.70. The number of amides is 2. The molecule has 244 valence electrons. The molecule has 5 N–H and O–H groups in total. The van der Waals surface area contributed by atoms with Crippen molar-refractivity contribution in [3.63, 3.8) is 0 Å². The molecule has 0 bridgehead atoms. The van der Waals surface area contributed by atoms with Crippen LogP contribution in [-0.4, -0.2) is 44.3 Å². The van der Waals surface area contributed by atoms with Crippen molar-refractivity contribution in [3.05, 3.63) is 69.3 Å². The predicted molar refractivity (Wildman–Crippen MR) is 177 cm³/mol. The van der Waals surface area contributed by atoms with Crippen molar-refractivity contribution < 1.29 is 34.5 Å². The van der Waals surface area contributed by atoms with Gasteiger partial charge in [-0.05, 0) is 86.3 Å². The van der Waals surface area contributed by atoms with Gasteiger partial charge >= 0.3 is 6.03 Å². The van der Waals surface area contributed by atoms with Crippen molar-refractivity contribution in [3.8, 4) is 5.75 Å². The first-order valence-corrected chi connectivity index (χ1v) is 15.8. The zero-order valence-corrected chi connectivity index (χ0v) is 28.0. The van der Waals surface area contributed by atoms with Crippen LogP contribution >= 0.6 is 0 Å². The lowest BCUT2D eigenvalue weighted by atomic mass is 9.42. The van der Waals surface area contributed by atoms with Gasteiger partial charge in [0.25, 0.3) is 0 Å². The Hall–Kier alpha value is -4.24. The molecule has 2 amide bonds. The number of benzene rings is 2. The lowest BCUT2D eigenvalue weighted by Gasteiger charge is -2.60. The first-order chi connectivity index (χ1) is 21.3. The summed E-state index contributed by atoms with van der Waals surface area (Å²) < 4.78 is 0. The van der Waals surface area contributed by atoms with Crippen LogP contribution in [-0.2, 0) is 20.8 Å². The van der Waals surface area contributed by atoms with Crippen molar-refractivity contribution in [2.24, 2.45) is 22.7 Å². The Morgan fingerprint density at radius 2 is 1.63 bits per heavy atom. The molecular formula is C37H44N2O7. The molecule has 0 spiro atoms. The van der Waals surface area contributed by atoms with E-state index in [-0.39, 0.29) is 47.1 Å². The van der Waals surface area contributed by atoms with Gasteiger partial charge in [0.2, 0.25) is 11.6 Å². The number of hydrogen-bond acceptors (Lipinski definition) is 7. The topological polar surface area (TPSA) is 153 Å². The molecule has 9 nitrogen and oxygen atoms in total. The smallest absolute Gasteiger partial charge is 0.323 e. The van der Waals surface area contributed by atoms with Crippen LogP contribution in [0.15, 0.2) is 47.1 Å². The van der Waals surface area contributed by atoms with Crippen LogP contribution in [0.25, 0.3) is 5.76 Å². The Morgan fingerprint density at radius 3 is 2.20 bits per heavy atom. The molecule has 1 fully saturated rings. The van der Waals surface area contributed by atoms with Crippen LogP contribution in [0.4, 0.5) is 16.2 Å². The van der Waals surface area contributed by atoms with E-state index in [1.807, 2.05) is 47.6 Å². The van der Waals surface area contributed by atoms with Gasteiger partial charge in [-0.25, -0.2) is 4.79 Å². The van der Waals surface area contributed by atoms with E-state index < -0.39 is 57.2 Å². The number of urea groups is 1. The molecule has 46 heavy (non-hydrogen) atoms. The summed E-state index contributed by atoms with van der Waals surface area (Å²) in [5, 5.41) is 41.3. The molecule has 0 aliphatic heterocycles. The minimum Gasteiger partial charge on any atom is -0.507 e. The number of aliphatic hydroxyl groups is 2. The van der Waals surface area contributed by atoms with E-state index in [1.54, 1.807) is 38.1 Å². The number of anilines is 2. The molecule has 9 heteroatoms. The molecular weight excluding hydrogens is 584 g/mol. The van der Waals surface area contributed by atoms with Crippen LogP contribution < -0.4 is 10.6 Å². The van der Waals surface area contributed by atoms with Gasteiger partial charge in [-0.15, -0.1) is 0 Å². The summed E-state index contributed by atoms with van der Waals surface area (Å²) in [5.41, 5.74) is -1.80. The monoisotopic (exact) mass is 628 g/mol. The number of nitrogens with one attached hydrogen (secondary N) is 2. The van der Waals surface area contributed by atoms with Gasteiger partial charge in [0, 0.05) is 22.1 Å². The van der Waals surface area contributed by atoms with E-state index >= 15 is 0 Å². The van der Waals surface area contributed by atoms with Crippen LogP contribution in [0.2, 0.25) is 0 Å². The molecule has 3 aliphatic rings. The van der Waals surface area contributed by atoms with Gasteiger partial charge in [-0.1, -0.05) is 59.2 Å². The molecule has 3 aliphatic carbocycles. The van der Waals surface area contributed by atoms with Gasteiger partial charge in [0.15, 0.2) is 11.4 Å². The number of fused-ring (bicyclic) bond motifs is 3. The molecule has 0 heterocycles. The molecule has 0 aromatic heterocycles. The van der Waals surface area contributed by atoms with E-state index in [2.05, 4.69) is 10.6 Å². The maximum absolute atomic E-state index is 14.6. The Kier molecular flexibility index (Phi) is 7.88. The number of rotatable bonds is 5. The average molecular weight is 629 g/mol. The van der Waals surface area contributed by atoms with Crippen LogP contribution in [0, 0.1) is 29.6 Å². The minimum absolute atomic E-state index is 0.0211. The Labute approximate surface area is 269 Å². The SMILES string of the molecule is CC(=O)C1=C(C)[C@@H](C(C)C)[C@]2(C)C[C@]3(C)Cc4c(C(C)C)cc(NC(=O)Nc5cccc(C)c5)c(O)c4C(O)=C3C(=O)[C@]2(O)C1=O. The van der Waals surface area contributed by atoms with E-state index in [0.717, 1.165) is 11.1 Å². The number of aromatic hydroxyl groups is 1. The fourth-order valence-electron chi connectivity index (χ4n) is 8.96. The standard InChI is InChI=1S/C37H44N2O7/c1-17(2)23-14-25(39-34(45)38-22-12-10-11-19(5)13-22)30(41)27-24(23)15-35(8)16-36(9)28(18(3)4)20(6)26(21(7)40)32(43)37(36,46)33(44)29(35)31(27)42/h10-14,17-18,28,41-42,46H,15-16H2,1-9H3,(H2,38,39,45)/t28-,35+,36+,37-/m1/s1. The van der Waals surface area contributed by atoms with E-state index in [9.17, 15) is 34.5 Å². The lowest BCUT2D eigenvalue weighted by molar-refractivity contribution is -0.180. The number of ketones is 3. The van der Waals surface area contributed by atoms with E-state index in [4.69, 9.17) is 0 Å². The molecule has 4 atom stereocenters. The number of phenolic OH excluding ortho intramolecular Hbond substituents is 1. The minimum atomic E-state index is -2.61. The third-order valence-corrected chi connectivity index (χ3v) is 10.5. The van der Waals surface area contributed by atoms with Gasteiger partial charge in [0.05, 0.1) is 16.8 Å². The first-order valence-electron chi connectivity index (χ1n) is 15.8. The summed E-state index contributed by atoms with van der Waals surface area (Å²) in [6.45, 7) is 16.3. The maximum atomic E-state index is 14.6. The highest BCUT2D eigenvalue weighted by Gasteiger charge is 2.72. The summed E-state index contributed by atoms with van der Waals surface area (Å²) in [7, 11) is 0. The summed E-state index contributed by atoms with van der Waals surface area (Å²) in [4.78, 5) is 54.5. The molecule has 0 saturated heterocycles. The second-order valence-corrected chi connectivity index (χ2v) is 14.6. The van der Waals surface area contributed by atoms with Gasteiger partial charge < -0.3 is 26.0 Å². The van der Waals surface area contributed by atoms with Crippen molar-refractivity contribution in [2.75, 3.05) is 10.6 Å². The second-order valence-electron chi connectivity index (χ2n) is 14.6. The normalized spacial score (nSPS) is 27.4. The Morgan fingerprint density at radius 1 is 0.978 bits per heavy atom. The number of aliphatic hydroxyl groups excluding tert-OH is 1. The van der Waals surface area contributed by atoms with Crippen LogP contribution in [0.5, 0.6) is 5.75 Å². The third-order valence-electron chi connectivity index (χ3n) is 10.5.